The second kappa shape index (κ2) is 9.76. The fourth-order valence-electron chi connectivity index (χ4n) is 3.95. The van der Waals surface area contributed by atoms with Crippen LogP contribution in [0.4, 0.5) is 10.5 Å². The number of rotatable bonds is 5. The van der Waals surface area contributed by atoms with Crippen LogP contribution in [0.3, 0.4) is 0 Å². The van der Waals surface area contributed by atoms with E-state index in [9.17, 15) is 20.0 Å². The number of amides is 1. The summed E-state index contributed by atoms with van der Waals surface area (Å²) in [5.41, 5.74) is 3.95. The summed E-state index contributed by atoms with van der Waals surface area (Å²) >= 11 is 0. The molecule has 4 rings (SSSR count). The van der Waals surface area contributed by atoms with Crippen molar-refractivity contribution >= 4 is 11.8 Å². The van der Waals surface area contributed by atoms with E-state index in [4.69, 9.17) is 10.00 Å². The molecule has 0 heterocycles. The van der Waals surface area contributed by atoms with Gasteiger partial charge >= 0.3 is 11.8 Å². The molecule has 168 valence electrons. The third-order valence-corrected chi connectivity index (χ3v) is 5.50. The highest BCUT2D eigenvalue weighted by molar-refractivity contribution is 5.79. The zero-order valence-corrected chi connectivity index (χ0v) is 17.9. The number of ether oxygens (including phenoxy) is 1. The van der Waals surface area contributed by atoms with E-state index in [1.807, 2.05) is 36.4 Å². The molecule has 1 aliphatic rings. The van der Waals surface area contributed by atoms with Gasteiger partial charge in [-0.25, -0.2) is 4.79 Å². The van der Waals surface area contributed by atoms with Crippen molar-refractivity contribution in [3.63, 3.8) is 0 Å². The lowest BCUT2D eigenvalue weighted by Gasteiger charge is -2.14. The fourth-order valence-corrected chi connectivity index (χ4v) is 3.95. The first-order chi connectivity index (χ1) is 16.5. The fraction of sp³-hybridized carbons (Fsp3) is 0.154. The van der Waals surface area contributed by atoms with Gasteiger partial charge in [0.1, 0.15) is 6.61 Å². The molecule has 3 aromatic rings. The summed E-state index contributed by atoms with van der Waals surface area (Å²) in [4.78, 5) is 22.4. The highest BCUT2D eigenvalue weighted by atomic mass is 16.6. The molecule has 1 aliphatic carbocycles. The summed E-state index contributed by atoms with van der Waals surface area (Å²) in [5, 5.41) is 32.6. The highest BCUT2D eigenvalue weighted by Crippen LogP contribution is 2.44. The van der Waals surface area contributed by atoms with Gasteiger partial charge in [0.05, 0.1) is 22.1 Å². The number of aromatic hydroxyl groups is 1. The normalized spacial score (nSPS) is 11.4. The van der Waals surface area contributed by atoms with Gasteiger partial charge in [-0.05, 0) is 28.3 Å². The summed E-state index contributed by atoms with van der Waals surface area (Å²) in [6, 6.07) is 20.2. The number of hydrogen-bond acceptors (Lipinski definition) is 6. The summed E-state index contributed by atoms with van der Waals surface area (Å²) in [7, 11) is 0. The molecule has 0 unspecified atom stereocenters. The third kappa shape index (κ3) is 4.52. The SMILES string of the molecule is N#Cc1cc(C#CCCNC(=O)OCC2c3ccccc3-c3ccccc32)c(O)c([N+](=O)[O-])c1. The maximum Gasteiger partial charge on any atom is 0.407 e. The van der Waals surface area contributed by atoms with Crippen LogP contribution in [0.15, 0.2) is 60.7 Å². The van der Waals surface area contributed by atoms with Gasteiger partial charge in [0.25, 0.3) is 0 Å². The molecule has 0 atom stereocenters. The summed E-state index contributed by atoms with van der Waals surface area (Å²) in [6.07, 6.45) is -0.359. The molecule has 0 aromatic heterocycles. The molecule has 8 heteroatoms. The third-order valence-electron chi connectivity index (χ3n) is 5.50. The molecule has 2 N–H and O–H groups in total. The zero-order chi connectivity index (χ0) is 24.1. The Morgan fingerprint density at radius 2 is 1.76 bits per heavy atom. The number of fused-ring (bicyclic) bond motifs is 3. The summed E-state index contributed by atoms with van der Waals surface area (Å²) in [6.45, 7) is 0.383. The van der Waals surface area contributed by atoms with Crippen molar-refractivity contribution in [1.29, 1.82) is 5.26 Å². The maximum absolute atomic E-state index is 12.2. The van der Waals surface area contributed by atoms with E-state index in [0.717, 1.165) is 28.3 Å². The minimum absolute atomic E-state index is 0.0190. The zero-order valence-electron chi connectivity index (χ0n) is 17.9. The van der Waals surface area contributed by atoms with Crippen molar-refractivity contribution in [2.75, 3.05) is 13.2 Å². The lowest BCUT2D eigenvalue weighted by Crippen LogP contribution is -2.26. The summed E-state index contributed by atoms with van der Waals surface area (Å²) < 4.78 is 5.45. The van der Waals surface area contributed by atoms with Crippen molar-refractivity contribution in [1.82, 2.24) is 5.32 Å². The lowest BCUT2D eigenvalue weighted by atomic mass is 9.98. The number of carbonyl (C=O) groups excluding carboxylic acids is 1. The number of nitrogens with zero attached hydrogens (tertiary/aromatic N) is 2. The molecule has 1 amide bonds. The van der Waals surface area contributed by atoms with Crippen LogP contribution in [-0.4, -0.2) is 29.3 Å². The van der Waals surface area contributed by atoms with Gasteiger partial charge in [0.15, 0.2) is 0 Å². The van der Waals surface area contributed by atoms with E-state index < -0.39 is 22.5 Å². The Bertz CT molecular complexity index is 1340. The van der Waals surface area contributed by atoms with Gasteiger partial charge in [0.2, 0.25) is 5.75 Å². The van der Waals surface area contributed by atoms with Crippen molar-refractivity contribution < 1.29 is 19.6 Å². The van der Waals surface area contributed by atoms with E-state index in [-0.39, 0.29) is 36.6 Å². The van der Waals surface area contributed by atoms with E-state index >= 15 is 0 Å². The minimum Gasteiger partial charge on any atom is -0.501 e. The quantitative estimate of drug-likeness (QED) is 0.254. The predicted octanol–water partition coefficient (Wildman–Crippen LogP) is 4.45. The second-order valence-corrected chi connectivity index (χ2v) is 7.56. The van der Waals surface area contributed by atoms with Crippen LogP contribution in [0.2, 0.25) is 0 Å². The number of nitro groups is 1. The largest absolute Gasteiger partial charge is 0.501 e. The Kier molecular flexibility index (Phi) is 6.42. The Labute approximate surface area is 195 Å². The number of alkyl carbamates (subject to hydrolysis) is 1. The molecule has 0 saturated carbocycles. The van der Waals surface area contributed by atoms with Gasteiger partial charge in [0, 0.05) is 24.9 Å². The van der Waals surface area contributed by atoms with Crippen LogP contribution >= 0.6 is 0 Å². The molecule has 0 bridgehead atoms. The van der Waals surface area contributed by atoms with E-state index in [0.29, 0.717) is 0 Å². The van der Waals surface area contributed by atoms with E-state index in [2.05, 4.69) is 29.3 Å². The van der Waals surface area contributed by atoms with Crippen LogP contribution in [0.5, 0.6) is 5.75 Å². The number of nitro benzene ring substituents is 1. The number of nitrogens with one attached hydrogen (secondary N) is 1. The molecule has 0 radical (unpaired) electrons. The highest BCUT2D eigenvalue weighted by Gasteiger charge is 2.28. The Morgan fingerprint density at radius 3 is 2.38 bits per heavy atom. The Balaban J connectivity index is 1.33. The van der Waals surface area contributed by atoms with Crippen molar-refractivity contribution in [3.05, 3.63) is 93.0 Å². The van der Waals surface area contributed by atoms with Crippen molar-refractivity contribution in [2.45, 2.75) is 12.3 Å². The van der Waals surface area contributed by atoms with E-state index in [1.54, 1.807) is 6.07 Å². The molecule has 3 aromatic carbocycles. The number of phenols is 1. The van der Waals surface area contributed by atoms with Crippen molar-refractivity contribution in [3.8, 4) is 34.8 Å². The molecule has 0 spiro atoms. The van der Waals surface area contributed by atoms with Gasteiger partial charge in [-0.15, -0.1) is 0 Å². The van der Waals surface area contributed by atoms with Crippen LogP contribution in [0, 0.1) is 33.3 Å². The molecule has 8 nitrogen and oxygen atoms in total. The van der Waals surface area contributed by atoms with Gasteiger partial charge < -0.3 is 15.2 Å². The average molecular weight is 453 g/mol. The Hall–Kier alpha value is -4.82. The number of phenolic OH excluding ortho intramolecular Hbond substituents is 1. The number of carbonyl (C=O) groups is 1. The van der Waals surface area contributed by atoms with Gasteiger partial charge in [-0.2, -0.15) is 5.26 Å². The topological polar surface area (TPSA) is 125 Å². The molecule has 0 aliphatic heterocycles. The van der Waals surface area contributed by atoms with Crippen LogP contribution < -0.4 is 5.32 Å². The van der Waals surface area contributed by atoms with Gasteiger partial charge in [-0.3, -0.25) is 10.1 Å². The first-order valence-electron chi connectivity index (χ1n) is 10.5. The molecular formula is C26H19N3O5. The average Bonchev–Trinajstić information content (AvgIpc) is 3.17. The van der Waals surface area contributed by atoms with Crippen LogP contribution in [0.25, 0.3) is 11.1 Å². The van der Waals surface area contributed by atoms with Gasteiger partial charge in [-0.1, -0.05) is 60.4 Å². The molecular weight excluding hydrogens is 434 g/mol. The minimum atomic E-state index is -0.778. The first kappa shape index (κ1) is 22.4. The number of benzene rings is 3. The van der Waals surface area contributed by atoms with E-state index in [1.165, 1.54) is 6.07 Å². The maximum atomic E-state index is 12.2. The second-order valence-electron chi connectivity index (χ2n) is 7.56. The monoisotopic (exact) mass is 453 g/mol. The number of nitriles is 1. The van der Waals surface area contributed by atoms with Crippen LogP contribution in [-0.2, 0) is 4.74 Å². The first-order valence-corrected chi connectivity index (χ1v) is 10.5. The number of hydrogen-bond donors (Lipinski definition) is 2. The molecule has 0 fully saturated rings. The predicted molar refractivity (Wildman–Crippen MR) is 124 cm³/mol. The molecule has 0 saturated heterocycles. The Morgan fingerprint density at radius 1 is 1.12 bits per heavy atom. The lowest BCUT2D eigenvalue weighted by molar-refractivity contribution is -0.385. The summed E-state index contributed by atoms with van der Waals surface area (Å²) in [5.74, 6) is 4.70. The molecule has 34 heavy (non-hydrogen) atoms. The smallest absolute Gasteiger partial charge is 0.407 e. The van der Waals surface area contributed by atoms with Crippen molar-refractivity contribution in [2.24, 2.45) is 0 Å². The standard InChI is InChI=1S/C26H19N3O5/c27-15-17-13-18(25(30)24(14-17)29(32)33)7-5-6-12-28-26(31)34-16-23-21-10-3-1-8-19(21)20-9-2-4-11-22(20)23/h1-4,8-11,13-14,23,30H,6,12,16H2,(H,28,31). The van der Waals surface area contributed by atoms with Crippen LogP contribution in [0.1, 0.15) is 34.6 Å².